The molecule has 2 unspecified atom stereocenters. The monoisotopic (exact) mass is 262 g/mol. The topological polar surface area (TPSA) is 66.6 Å². The highest BCUT2D eigenvalue weighted by Gasteiger charge is 2.27. The molecule has 0 bridgehead atoms. The molecule has 3 N–H and O–H groups in total. The fraction of sp³-hybridized carbons (Fsp3) is 0.533. The van der Waals surface area contributed by atoms with Crippen molar-refractivity contribution in [3.63, 3.8) is 0 Å². The Morgan fingerprint density at radius 1 is 1.37 bits per heavy atom. The number of benzene rings is 1. The summed E-state index contributed by atoms with van der Waals surface area (Å²) in [5, 5.41) is 9.06. The van der Waals surface area contributed by atoms with E-state index in [0.29, 0.717) is 0 Å². The molecule has 1 heterocycles. The van der Waals surface area contributed by atoms with Crippen molar-refractivity contribution in [2.75, 3.05) is 13.1 Å². The van der Waals surface area contributed by atoms with Crippen LogP contribution in [0.5, 0.6) is 0 Å². The van der Waals surface area contributed by atoms with Gasteiger partial charge in [0.15, 0.2) is 0 Å². The fourth-order valence-corrected chi connectivity index (χ4v) is 2.74. The maximum absolute atomic E-state index is 11.0. The van der Waals surface area contributed by atoms with E-state index in [2.05, 4.69) is 17.0 Å². The predicted molar refractivity (Wildman–Crippen MR) is 74.7 cm³/mol. The third-order valence-corrected chi connectivity index (χ3v) is 3.83. The van der Waals surface area contributed by atoms with Gasteiger partial charge in [0, 0.05) is 13.1 Å². The van der Waals surface area contributed by atoms with Crippen molar-refractivity contribution in [3.8, 4) is 0 Å². The third kappa shape index (κ3) is 4.04. The Morgan fingerprint density at radius 3 is 2.79 bits per heavy atom. The van der Waals surface area contributed by atoms with Gasteiger partial charge in [-0.15, -0.1) is 0 Å². The maximum atomic E-state index is 11.0. The first kappa shape index (κ1) is 14.0. The smallest absolute Gasteiger partial charge is 0.320 e. The molecule has 0 aromatic heterocycles. The summed E-state index contributed by atoms with van der Waals surface area (Å²) in [4.78, 5) is 13.4. The Hall–Kier alpha value is -1.39. The van der Waals surface area contributed by atoms with Gasteiger partial charge >= 0.3 is 5.97 Å². The first-order valence-electron chi connectivity index (χ1n) is 6.91. The molecule has 4 nitrogen and oxygen atoms in total. The van der Waals surface area contributed by atoms with Crippen LogP contribution >= 0.6 is 0 Å². The molecule has 1 aliphatic heterocycles. The van der Waals surface area contributed by atoms with Crippen LogP contribution in [0.3, 0.4) is 0 Å². The van der Waals surface area contributed by atoms with Gasteiger partial charge in [-0.25, -0.2) is 0 Å². The highest BCUT2D eigenvalue weighted by Crippen LogP contribution is 2.20. The molecule has 0 amide bonds. The SMILES string of the molecule is NC(C(=O)O)C1CCCCN(Cc2ccccc2)C1. The molecule has 0 spiro atoms. The third-order valence-electron chi connectivity index (χ3n) is 3.83. The van der Waals surface area contributed by atoms with E-state index in [9.17, 15) is 4.79 Å². The van der Waals surface area contributed by atoms with Crippen molar-refractivity contribution in [3.05, 3.63) is 35.9 Å². The molecule has 0 aliphatic carbocycles. The van der Waals surface area contributed by atoms with Gasteiger partial charge in [-0.3, -0.25) is 9.69 Å². The minimum absolute atomic E-state index is 0.0590. The van der Waals surface area contributed by atoms with Crippen LogP contribution in [0.2, 0.25) is 0 Å². The summed E-state index contributed by atoms with van der Waals surface area (Å²) in [7, 11) is 0. The lowest BCUT2D eigenvalue weighted by molar-refractivity contribution is -0.140. The Bertz CT molecular complexity index is 408. The van der Waals surface area contributed by atoms with Gasteiger partial charge in [-0.05, 0) is 30.9 Å². The Morgan fingerprint density at radius 2 is 2.11 bits per heavy atom. The molecule has 0 saturated carbocycles. The summed E-state index contributed by atoms with van der Waals surface area (Å²) in [5.74, 6) is -0.824. The van der Waals surface area contributed by atoms with Crippen molar-refractivity contribution in [2.45, 2.75) is 31.8 Å². The second-order valence-electron chi connectivity index (χ2n) is 5.34. The zero-order valence-electron chi connectivity index (χ0n) is 11.2. The van der Waals surface area contributed by atoms with E-state index in [0.717, 1.165) is 38.9 Å². The van der Waals surface area contributed by atoms with Crippen molar-refractivity contribution in [2.24, 2.45) is 11.7 Å². The summed E-state index contributed by atoms with van der Waals surface area (Å²) in [6.45, 7) is 2.68. The van der Waals surface area contributed by atoms with E-state index >= 15 is 0 Å². The fourth-order valence-electron chi connectivity index (χ4n) is 2.74. The number of aliphatic carboxylic acids is 1. The Balaban J connectivity index is 1.98. The summed E-state index contributed by atoms with van der Waals surface area (Å²) in [6, 6.07) is 9.56. The van der Waals surface area contributed by atoms with Crippen LogP contribution in [-0.2, 0) is 11.3 Å². The molecule has 1 fully saturated rings. The van der Waals surface area contributed by atoms with Crippen molar-refractivity contribution in [1.82, 2.24) is 4.90 Å². The highest BCUT2D eigenvalue weighted by molar-refractivity contribution is 5.73. The van der Waals surface area contributed by atoms with E-state index in [1.54, 1.807) is 0 Å². The zero-order valence-corrected chi connectivity index (χ0v) is 11.2. The van der Waals surface area contributed by atoms with Gasteiger partial charge < -0.3 is 10.8 Å². The molecular weight excluding hydrogens is 240 g/mol. The highest BCUT2D eigenvalue weighted by atomic mass is 16.4. The molecule has 104 valence electrons. The van der Waals surface area contributed by atoms with Crippen LogP contribution in [-0.4, -0.2) is 35.1 Å². The number of hydrogen-bond donors (Lipinski definition) is 2. The molecule has 4 heteroatoms. The number of rotatable bonds is 4. The number of nitrogens with zero attached hydrogens (tertiary/aromatic N) is 1. The van der Waals surface area contributed by atoms with E-state index in [4.69, 9.17) is 10.8 Å². The van der Waals surface area contributed by atoms with E-state index in [1.807, 2.05) is 18.2 Å². The standard InChI is InChI=1S/C15H22N2O2/c16-14(15(18)19)13-8-4-5-9-17(11-13)10-12-6-2-1-3-7-12/h1-3,6-7,13-14H,4-5,8-11,16H2,(H,18,19). The van der Waals surface area contributed by atoms with Gasteiger partial charge in [-0.2, -0.15) is 0 Å². The quantitative estimate of drug-likeness (QED) is 0.866. The lowest BCUT2D eigenvalue weighted by Crippen LogP contribution is -2.43. The Kier molecular flexibility index (Phi) is 4.93. The van der Waals surface area contributed by atoms with E-state index in [-0.39, 0.29) is 5.92 Å². The van der Waals surface area contributed by atoms with Crippen LogP contribution in [0.4, 0.5) is 0 Å². The van der Waals surface area contributed by atoms with Crippen LogP contribution in [0.1, 0.15) is 24.8 Å². The average Bonchev–Trinajstić information content (AvgIpc) is 2.64. The summed E-state index contributed by atoms with van der Waals surface area (Å²) in [5.41, 5.74) is 7.06. The van der Waals surface area contributed by atoms with Crippen molar-refractivity contribution < 1.29 is 9.90 Å². The average molecular weight is 262 g/mol. The van der Waals surface area contributed by atoms with Gasteiger partial charge in [0.05, 0.1) is 0 Å². The molecule has 2 rings (SSSR count). The number of hydrogen-bond acceptors (Lipinski definition) is 3. The van der Waals surface area contributed by atoms with Crippen LogP contribution in [0.25, 0.3) is 0 Å². The molecule has 2 atom stereocenters. The summed E-state index contributed by atoms with van der Waals surface area (Å²) < 4.78 is 0. The van der Waals surface area contributed by atoms with E-state index < -0.39 is 12.0 Å². The zero-order chi connectivity index (χ0) is 13.7. The molecule has 1 saturated heterocycles. The predicted octanol–water partition coefficient (Wildman–Crippen LogP) is 1.70. The first-order chi connectivity index (χ1) is 9.16. The van der Waals surface area contributed by atoms with Gasteiger partial charge in [-0.1, -0.05) is 36.8 Å². The van der Waals surface area contributed by atoms with Crippen LogP contribution in [0.15, 0.2) is 30.3 Å². The van der Waals surface area contributed by atoms with Crippen LogP contribution in [0, 0.1) is 5.92 Å². The second-order valence-corrected chi connectivity index (χ2v) is 5.34. The lowest BCUT2D eigenvalue weighted by Gasteiger charge is -2.26. The molecule has 1 aliphatic rings. The molecule has 1 aromatic rings. The number of carboxylic acids is 1. The van der Waals surface area contributed by atoms with Gasteiger partial charge in [0.2, 0.25) is 0 Å². The molecule has 1 aromatic carbocycles. The molecule has 0 radical (unpaired) electrons. The van der Waals surface area contributed by atoms with Crippen LogP contribution < -0.4 is 5.73 Å². The largest absolute Gasteiger partial charge is 0.480 e. The van der Waals surface area contributed by atoms with Gasteiger partial charge in [0.1, 0.15) is 6.04 Å². The minimum atomic E-state index is -0.883. The number of likely N-dealkylation sites (tertiary alicyclic amines) is 1. The van der Waals surface area contributed by atoms with E-state index in [1.165, 1.54) is 5.56 Å². The minimum Gasteiger partial charge on any atom is -0.480 e. The molecule has 19 heavy (non-hydrogen) atoms. The first-order valence-corrected chi connectivity index (χ1v) is 6.91. The van der Waals surface area contributed by atoms with Crippen molar-refractivity contribution in [1.29, 1.82) is 0 Å². The number of nitrogens with two attached hydrogens (primary N) is 1. The van der Waals surface area contributed by atoms with Gasteiger partial charge in [0.25, 0.3) is 0 Å². The summed E-state index contributed by atoms with van der Waals surface area (Å²) >= 11 is 0. The Labute approximate surface area is 114 Å². The number of carboxylic acid groups (broad SMARTS) is 1. The van der Waals surface area contributed by atoms with Crippen molar-refractivity contribution >= 4 is 5.97 Å². The normalized spacial score (nSPS) is 22.7. The molecular formula is C15H22N2O2. The lowest BCUT2D eigenvalue weighted by atomic mass is 9.95. The summed E-state index contributed by atoms with van der Waals surface area (Å²) in [6.07, 6.45) is 3.10. The second kappa shape index (κ2) is 6.68. The number of carbonyl (C=O) groups is 1. The maximum Gasteiger partial charge on any atom is 0.320 e.